The number of carbonyl (C=O) groups is 4. The minimum Gasteiger partial charge on any atom is -0.453 e. The average Bonchev–Trinajstić information content (AvgIpc) is 3.86. The number of hydrogen-bond donors (Lipinski definition) is 6. The number of aromatic amines is 2. The number of amides is 2. The van der Waals surface area contributed by atoms with Gasteiger partial charge in [0, 0.05) is 24.3 Å². The predicted octanol–water partition coefficient (Wildman–Crippen LogP) is 6.77. The summed E-state index contributed by atoms with van der Waals surface area (Å²) >= 11 is 0. The minimum absolute atomic E-state index is 0.140. The zero-order valence-electron chi connectivity index (χ0n) is 31.9. The highest BCUT2D eigenvalue weighted by molar-refractivity contribution is 5.95. The molecular formula is C40H50N8O6. The van der Waals surface area contributed by atoms with Crippen molar-refractivity contribution in [2.24, 2.45) is 23.7 Å². The van der Waals surface area contributed by atoms with E-state index in [2.05, 4.69) is 30.6 Å². The first-order valence-electron chi connectivity index (χ1n) is 17.8. The molecule has 0 spiro atoms. The number of nitrogens with one attached hydrogen (secondary N) is 6. The highest BCUT2D eigenvalue weighted by atomic mass is 16.5. The standard InChI is InChI=1S/C40H50N8O6/c1-21(2)31(35(49)33(23(5)17-41)47-39(51)53-7)37-43-19-29(45-37)27-13-9-25(10-14-27)26-11-15-28(16-12-26)30-20-44-38(46-30)32(22(3)4)36(50)34(24(6)18-42)48-40(52)54-8/h9-24,31-34,41-42H,1-8H3,(H,43,45)(H,44,46)(H,47,51)(H,48,52)/t23?,24?,31-,32-,33-,34-/m0/s1. The van der Waals surface area contributed by atoms with Gasteiger partial charge >= 0.3 is 12.2 Å². The fraction of sp³-hybridized carbons (Fsp3) is 0.400. The molecule has 4 aromatic rings. The first-order chi connectivity index (χ1) is 25.7. The van der Waals surface area contributed by atoms with Gasteiger partial charge < -0.3 is 40.9 Å². The van der Waals surface area contributed by atoms with Crippen LogP contribution in [0.15, 0.2) is 60.9 Å². The van der Waals surface area contributed by atoms with Gasteiger partial charge in [0.15, 0.2) is 11.6 Å². The van der Waals surface area contributed by atoms with Crippen molar-refractivity contribution in [3.63, 3.8) is 0 Å². The van der Waals surface area contributed by atoms with Crippen LogP contribution in [0.5, 0.6) is 0 Å². The van der Waals surface area contributed by atoms with Crippen LogP contribution in [0.2, 0.25) is 0 Å². The second-order valence-electron chi connectivity index (χ2n) is 14.0. The molecule has 0 aliphatic rings. The van der Waals surface area contributed by atoms with Gasteiger partial charge in [0.25, 0.3) is 0 Å². The third kappa shape index (κ3) is 9.35. The van der Waals surface area contributed by atoms with Gasteiger partial charge in [-0.2, -0.15) is 0 Å². The molecule has 2 amide bonds. The lowest BCUT2D eigenvalue weighted by Gasteiger charge is -2.26. The maximum Gasteiger partial charge on any atom is 0.407 e. The summed E-state index contributed by atoms with van der Waals surface area (Å²) in [7, 11) is 2.45. The smallest absolute Gasteiger partial charge is 0.407 e. The number of methoxy groups -OCH3 is 2. The van der Waals surface area contributed by atoms with Crippen molar-refractivity contribution < 1.29 is 28.7 Å². The molecule has 286 valence electrons. The summed E-state index contributed by atoms with van der Waals surface area (Å²) in [4.78, 5) is 67.1. The first-order valence-corrected chi connectivity index (χ1v) is 17.8. The van der Waals surface area contributed by atoms with Crippen molar-refractivity contribution in [3.8, 4) is 33.6 Å². The van der Waals surface area contributed by atoms with Gasteiger partial charge in [-0.25, -0.2) is 19.6 Å². The molecule has 0 saturated carbocycles. The third-order valence-corrected chi connectivity index (χ3v) is 9.56. The number of ketones is 2. The molecule has 0 aliphatic carbocycles. The molecule has 2 aromatic heterocycles. The third-order valence-electron chi connectivity index (χ3n) is 9.56. The number of rotatable bonds is 17. The number of H-pyrrole nitrogens is 2. The molecule has 0 aliphatic heterocycles. The lowest BCUT2D eigenvalue weighted by molar-refractivity contribution is -0.124. The highest BCUT2D eigenvalue weighted by Crippen LogP contribution is 2.32. The Kier molecular flexibility index (Phi) is 13.8. The number of imidazole rings is 2. The Morgan fingerprint density at radius 1 is 0.593 bits per heavy atom. The summed E-state index contributed by atoms with van der Waals surface area (Å²) in [6.07, 6.45) is 4.15. The molecule has 4 rings (SSSR count). The van der Waals surface area contributed by atoms with Crippen molar-refractivity contribution in [2.75, 3.05) is 14.2 Å². The number of Topliss-reactive ketones (excluding diaryl/α,β-unsaturated/α-hetero) is 2. The number of carbonyl (C=O) groups excluding carboxylic acids is 4. The van der Waals surface area contributed by atoms with Gasteiger partial charge in [-0.15, -0.1) is 0 Å². The first kappa shape index (κ1) is 40.8. The van der Waals surface area contributed by atoms with E-state index in [0.29, 0.717) is 11.6 Å². The summed E-state index contributed by atoms with van der Waals surface area (Å²) < 4.78 is 9.44. The number of hydrogen-bond acceptors (Lipinski definition) is 10. The average molecular weight is 739 g/mol. The van der Waals surface area contributed by atoms with E-state index in [1.165, 1.54) is 14.2 Å². The Bertz CT molecular complexity index is 1790. The van der Waals surface area contributed by atoms with Gasteiger partial charge in [0.05, 0.1) is 61.9 Å². The Morgan fingerprint density at radius 3 is 1.19 bits per heavy atom. The molecule has 2 unspecified atom stereocenters. The molecule has 0 bridgehead atoms. The number of ether oxygens (including phenoxy) is 2. The summed E-state index contributed by atoms with van der Waals surface area (Å²) in [6, 6.07) is 14.0. The molecule has 2 heterocycles. The van der Waals surface area contributed by atoms with Gasteiger partial charge in [0.1, 0.15) is 11.6 Å². The van der Waals surface area contributed by atoms with Gasteiger partial charge in [-0.3, -0.25) is 9.59 Å². The molecule has 14 heteroatoms. The van der Waals surface area contributed by atoms with Crippen molar-refractivity contribution in [1.82, 2.24) is 30.6 Å². The monoisotopic (exact) mass is 738 g/mol. The van der Waals surface area contributed by atoms with E-state index in [4.69, 9.17) is 20.3 Å². The van der Waals surface area contributed by atoms with Gasteiger partial charge in [0.2, 0.25) is 0 Å². The van der Waals surface area contributed by atoms with E-state index in [0.717, 1.165) is 46.1 Å². The predicted molar refractivity (Wildman–Crippen MR) is 207 cm³/mol. The quantitative estimate of drug-likeness (QED) is 0.0634. The fourth-order valence-electron chi connectivity index (χ4n) is 6.40. The molecule has 14 nitrogen and oxygen atoms in total. The van der Waals surface area contributed by atoms with E-state index in [9.17, 15) is 19.2 Å². The van der Waals surface area contributed by atoms with E-state index in [1.807, 2.05) is 76.2 Å². The van der Waals surface area contributed by atoms with Gasteiger partial charge in [-0.05, 0) is 34.1 Å². The van der Waals surface area contributed by atoms with Crippen LogP contribution in [0.1, 0.15) is 65.0 Å². The zero-order chi connectivity index (χ0) is 39.7. The Balaban J connectivity index is 1.51. The second kappa shape index (κ2) is 18.2. The number of nitrogens with zero attached hydrogens (tertiary/aromatic N) is 2. The van der Waals surface area contributed by atoms with E-state index in [1.54, 1.807) is 26.2 Å². The van der Waals surface area contributed by atoms with E-state index >= 15 is 0 Å². The van der Waals surface area contributed by atoms with Crippen LogP contribution < -0.4 is 10.6 Å². The molecule has 0 saturated heterocycles. The van der Waals surface area contributed by atoms with Gasteiger partial charge in [-0.1, -0.05) is 90.1 Å². The van der Waals surface area contributed by atoms with Crippen LogP contribution in [-0.4, -0.2) is 82.4 Å². The van der Waals surface area contributed by atoms with Crippen LogP contribution in [0.25, 0.3) is 33.6 Å². The van der Waals surface area contributed by atoms with Crippen LogP contribution in [0, 0.1) is 34.5 Å². The maximum absolute atomic E-state index is 13.7. The molecule has 6 atom stereocenters. The lowest BCUT2D eigenvalue weighted by atomic mass is 9.83. The molecule has 2 aromatic carbocycles. The Morgan fingerprint density at radius 2 is 0.907 bits per heavy atom. The maximum atomic E-state index is 13.7. The number of aromatic nitrogens is 4. The number of benzene rings is 2. The molecule has 0 fully saturated rings. The molecule has 6 N–H and O–H groups in total. The minimum atomic E-state index is -0.949. The van der Waals surface area contributed by atoms with Crippen LogP contribution in [0.4, 0.5) is 9.59 Å². The van der Waals surface area contributed by atoms with Crippen molar-refractivity contribution in [3.05, 3.63) is 72.6 Å². The van der Waals surface area contributed by atoms with Crippen molar-refractivity contribution >= 4 is 36.2 Å². The van der Waals surface area contributed by atoms with Crippen LogP contribution >= 0.6 is 0 Å². The molecular weight excluding hydrogens is 688 g/mol. The van der Waals surface area contributed by atoms with Crippen LogP contribution in [0.3, 0.4) is 0 Å². The zero-order valence-corrected chi connectivity index (χ0v) is 31.9. The fourth-order valence-corrected chi connectivity index (χ4v) is 6.40. The highest BCUT2D eigenvalue weighted by Gasteiger charge is 2.37. The van der Waals surface area contributed by atoms with Crippen molar-refractivity contribution in [2.45, 2.75) is 65.5 Å². The summed E-state index contributed by atoms with van der Waals surface area (Å²) in [5.41, 5.74) is 5.18. The SMILES string of the molecule is COC(=O)N[C@H](C(=O)[C@@H](c1ncc(-c2ccc(-c3ccc(-c4cnc([C@H](C(=O)[C@@H](NC(=O)OC)C(C)C=N)C(C)C)[nH]4)cc3)cc2)[nH]1)C(C)C)C(C)C=N. The van der Waals surface area contributed by atoms with E-state index in [-0.39, 0.29) is 23.4 Å². The Hall–Kier alpha value is -5.92. The second-order valence-corrected chi connectivity index (χ2v) is 14.0. The largest absolute Gasteiger partial charge is 0.453 e. The summed E-state index contributed by atoms with van der Waals surface area (Å²) in [6.45, 7) is 11.0. The van der Waals surface area contributed by atoms with Crippen molar-refractivity contribution in [1.29, 1.82) is 10.8 Å². The topological polar surface area (TPSA) is 216 Å². The van der Waals surface area contributed by atoms with E-state index < -0.39 is 47.9 Å². The molecule has 54 heavy (non-hydrogen) atoms. The Labute approximate surface area is 315 Å². The normalized spacial score (nSPS) is 14.6. The lowest BCUT2D eigenvalue weighted by Crippen LogP contribution is -2.48. The molecule has 0 radical (unpaired) electrons. The van der Waals surface area contributed by atoms with Crippen LogP contribution in [-0.2, 0) is 19.1 Å². The summed E-state index contributed by atoms with van der Waals surface area (Å²) in [5, 5.41) is 20.6. The number of alkyl carbamates (subject to hydrolysis) is 2. The summed E-state index contributed by atoms with van der Waals surface area (Å²) in [5.74, 6) is -2.25.